The first-order valence-electron chi connectivity index (χ1n) is 5.31. The zero-order valence-corrected chi connectivity index (χ0v) is 10.0. The molecule has 0 aromatic carbocycles. The van der Waals surface area contributed by atoms with E-state index in [-0.39, 0.29) is 6.04 Å². The predicted octanol–water partition coefficient (Wildman–Crippen LogP) is 1.40. The first-order valence-corrected chi connectivity index (χ1v) is 5.31. The lowest BCUT2D eigenvalue weighted by Crippen LogP contribution is -2.21. The van der Waals surface area contributed by atoms with Crippen LogP contribution in [0.1, 0.15) is 30.6 Å². The zero-order valence-electron chi connectivity index (χ0n) is 10.0. The van der Waals surface area contributed by atoms with Crippen molar-refractivity contribution in [3.05, 3.63) is 17.5 Å². The van der Waals surface area contributed by atoms with E-state index in [4.69, 9.17) is 10.5 Å². The van der Waals surface area contributed by atoms with E-state index < -0.39 is 0 Å². The van der Waals surface area contributed by atoms with Crippen LogP contribution in [0, 0.1) is 12.8 Å². The molecule has 1 rings (SSSR count). The standard InChI is InChI=1S/C11H21N3O/c1-8(5-6-15-4)11(12)10-7-13-14(3)9(10)2/h7-8,11H,5-6,12H2,1-4H3. The average Bonchev–Trinajstić information content (AvgIpc) is 2.55. The Morgan fingerprint density at radius 1 is 1.60 bits per heavy atom. The van der Waals surface area contributed by atoms with Crippen molar-refractivity contribution in [1.82, 2.24) is 9.78 Å². The van der Waals surface area contributed by atoms with E-state index in [0.717, 1.165) is 24.3 Å². The maximum atomic E-state index is 6.18. The van der Waals surface area contributed by atoms with Crippen molar-refractivity contribution in [3.8, 4) is 0 Å². The minimum Gasteiger partial charge on any atom is -0.385 e. The molecule has 0 bridgehead atoms. The summed E-state index contributed by atoms with van der Waals surface area (Å²) in [5.41, 5.74) is 8.47. The summed E-state index contributed by atoms with van der Waals surface area (Å²) in [6, 6.07) is 0.0499. The van der Waals surface area contributed by atoms with Gasteiger partial charge in [-0.1, -0.05) is 6.92 Å². The molecule has 1 aromatic rings. The summed E-state index contributed by atoms with van der Waals surface area (Å²) < 4.78 is 6.92. The Morgan fingerprint density at radius 3 is 2.73 bits per heavy atom. The second-order valence-corrected chi connectivity index (χ2v) is 4.09. The lowest BCUT2D eigenvalue weighted by molar-refractivity contribution is 0.174. The summed E-state index contributed by atoms with van der Waals surface area (Å²) in [5.74, 6) is 0.410. The monoisotopic (exact) mass is 211 g/mol. The lowest BCUT2D eigenvalue weighted by atomic mass is 9.93. The zero-order chi connectivity index (χ0) is 11.4. The molecule has 2 unspecified atom stereocenters. The van der Waals surface area contributed by atoms with Gasteiger partial charge in [0.1, 0.15) is 0 Å². The normalized spacial score (nSPS) is 15.3. The van der Waals surface area contributed by atoms with Crippen LogP contribution in [-0.2, 0) is 11.8 Å². The van der Waals surface area contributed by atoms with Crippen LogP contribution in [0.4, 0.5) is 0 Å². The van der Waals surface area contributed by atoms with Crippen LogP contribution >= 0.6 is 0 Å². The van der Waals surface area contributed by atoms with Gasteiger partial charge in [-0.15, -0.1) is 0 Å². The average molecular weight is 211 g/mol. The largest absolute Gasteiger partial charge is 0.385 e. The van der Waals surface area contributed by atoms with Gasteiger partial charge in [-0.05, 0) is 19.3 Å². The Balaban J connectivity index is 2.67. The van der Waals surface area contributed by atoms with Crippen LogP contribution in [0.2, 0.25) is 0 Å². The van der Waals surface area contributed by atoms with E-state index in [1.807, 2.05) is 24.9 Å². The number of aromatic nitrogens is 2. The lowest BCUT2D eigenvalue weighted by Gasteiger charge is -2.19. The van der Waals surface area contributed by atoms with Gasteiger partial charge in [-0.2, -0.15) is 5.10 Å². The molecule has 4 heteroatoms. The van der Waals surface area contributed by atoms with Gasteiger partial charge < -0.3 is 10.5 Å². The van der Waals surface area contributed by atoms with Crippen LogP contribution in [0.25, 0.3) is 0 Å². The fourth-order valence-electron chi connectivity index (χ4n) is 1.63. The highest BCUT2D eigenvalue weighted by Gasteiger charge is 2.18. The SMILES string of the molecule is COCCC(C)C(N)c1cnn(C)c1C. The molecule has 0 fully saturated rings. The fraction of sp³-hybridized carbons (Fsp3) is 0.727. The van der Waals surface area contributed by atoms with Crippen LogP contribution in [-0.4, -0.2) is 23.5 Å². The molecule has 2 N–H and O–H groups in total. The Morgan fingerprint density at radius 2 is 2.27 bits per heavy atom. The van der Waals surface area contributed by atoms with E-state index in [1.54, 1.807) is 7.11 Å². The predicted molar refractivity (Wildman–Crippen MR) is 60.5 cm³/mol. The van der Waals surface area contributed by atoms with Gasteiger partial charge in [0.15, 0.2) is 0 Å². The number of nitrogens with zero attached hydrogens (tertiary/aromatic N) is 2. The Bertz CT molecular complexity index is 309. The van der Waals surface area contributed by atoms with Crippen LogP contribution < -0.4 is 5.73 Å². The molecule has 1 heterocycles. The third-order valence-electron chi connectivity index (χ3n) is 3.02. The summed E-state index contributed by atoms with van der Waals surface area (Å²) in [5, 5.41) is 4.21. The molecule has 0 amide bonds. The number of hydrogen-bond donors (Lipinski definition) is 1. The number of ether oxygens (including phenoxy) is 1. The Labute approximate surface area is 91.4 Å². The van der Waals surface area contributed by atoms with Crippen molar-refractivity contribution >= 4 is 0 Å². The number of hydrogen-bond acceptors (Lipinski definition) is 3. The van der Waals surface area contributed by atoms with Gasteiger partial charge in [-0.3, -0.25) is 4.68 Å². The topological polar surface area (TPSA) is 53.1 Å². The van der Waals surface area contributed by atoms with E-state index in [1.165, 1.54) is 0 Å². The van der Waals surface area contributed by atoms with Gasteiger partial charge >= 0.3 is 0 Å². The van der Waals surface area contributed by atoms with E-state index in [9.17, 15) is 0 Å². The highest BCUT2D eigenvalue weighted by molar-refractivity contribution is 5.20. The molecule has 0 aliphatic carbocycles. The van der Waals surface area contributed by atoms with E-state index in [0.29, 0.717) is 5.92 Å². The van der Waals surface area contributed by atoms with Crippen LogP contribution in [0.15, 0.2) is 6.20 Å². The summed E-state index contributed by atoms with van der Waals surface area (Å²) in [6.07, 6.45) is 2.84. The van der Waals surface area contributed by atoms with Crippen molar-refractivity contribution in [2.75, 3.05) is 13.7 Å². The second kappa shape index (κ2) is 5.28. The fourth-order valence-corrected chi connectivity index (χ4v) is 1.63. The van der Waals surface area contributed by atoms with Crippen LogP contribution in [0.5, 0.6) is 0 Å². The number of aryl methyl sites for hydroxylation is 1. The highest BCUT2D eigenvalue weighted by atomic mass is 16.5. The van der Waals surface area contributed by atoms with Crippen LogP contribution in [0.3, 0.4) is 0 Å². The third-order valence-corrected chi connectivity index (χ3v) is 3.02. The van der Waals surface area contributed by atoms with Crippen molar-refractivity contribution in [2.24, 2.45) is 18.7 Å². The van der Waals surface area contributed by atoms with E-state index in [2.05, 4.69) is 12.0 Å². The molecule has 1 aromatic heterocycles. The van der Waals surface area contributed by atoms with Crippen molar-refractivity contribution in [1.29, 1.82) is 0 Å². The molecule has 4 nitrogen and oxygen atoms in total. The van der Waals surface area contributed by atoms with Gasteiger partial charge in [0.2, 0.25) is 0 Å². The first kappa shape index (κ1) is 12.2. The number of nitrogens with two attached hydrogens (primary N) is 1. The number of methoxy groups -OCH3 is 1. The highest BCUT2D eigenvalue weighted by Crippen LogP contribution is 2.24. The molecular weight excluding hydrogens is 190 g/mol. The van der Waals surface area contributed by atoms with Gasteiger partial charge in [0.05, 0.1) is 6.20 Å². The Hall–Kier alpha value is -0.870. The number of rotatable bonds is 5. The molecule has 0 saturated heterocycles. The second-order valence-electron chi connectivity index (χ2n) is 4.09. The minimum absolute atomic E-state index is 0.0499. The minimum atomic E-state index is 0.0499. The van der Waals surface area contributed by atoms with Gasteiger partial charge in [0, 0.05) is 38.1 Å². The van der Waals surface area contributed by atoms with E-state index >= 15 is 0 Å². The quantitative estimate of drug-likeness (QED) is 0.801. The molecular formula is C11H21N3O. The first-order chi connectivity index (χ1) is 7.07. The molecule has 15 heavy (non-hydrogen) atoms. The van der Waals surface area contributed by atoms with Crippen molar-refractivity contribution < 1.29 is 4.74 Å². The summed E-state index contributed by atoms with van der Waals surface area (Å²) in [4.78, 5) is 0. The maximum absolute atomic E-state index is 6.18. The molecule has 0 saturated carbocycles. The smallest absolute Gasteiger partial charge is 0.0540 e. The molecule has 0 aliphatic rings. The Kier molecular flexibility index (Phi) is 4.29. The molecule has 0 aliphatic heterocycles. The van der Waals surface area contributed by atoms with Crippen molar-refractivity contribution in [3.63, 3.8) is 0 Å². The van der Waals surface area contributed by atoms with Crippen molar-refractivity contribution in [2.45, 2.75) is 26.3 Å². The molecule has 0 radical (unpaired) electrons. The summed E-state index contributed by atoms with van der Waals surface area (Å²) in [6.45, 7) is 4.95. The molecule has 86 valence electrons. The van der Waals surface area contributed by atoms with Gasteiger partial charge in [0.25, 0.3) is 0 Å². The maximum Gasteiger partial charge on any atom is 0.0540 e. The third kappa shape index (κ3) is 2.79. The molecule has 2 atom stereocenters. The molecule has 0 spiro atoms. The van der Waals surface area contributed by atoms with Gasteiger partial charge in [-0.25, -0.2) is 0 Å². The summed E-state index contributed by atoms with van der Waals surface area (Å²) >= 11 is 0. The summed E-state index contributed by atoms with van der Waals surface area (Å²) in [7, 11) is 3.65.